The zero-order valence-corrected chi connectivity index (χ0v) is 12.0. The maximum atomic E-state index is 12.0. The summed E-state index contributed by atoms with van der Waals surface area (Å²) < 4.78 is 5.23. The Bertz CT molecular complexity index is 593. The highest BCUT2D eigenvalue weighted by molar-refractivity contribution is 7.09. The van der Waals surface area contributed by atoms with E-state index in [1.165, 1.54) is 11.3 Å². The normalized spacial score (nSPS) is 10.3. The van der Waals surface area contributed by atoms with Gasteiger partial charge in [0.25, 0.3) is 0 Å². The second kappa shape index (κ2) is 5.84. The van der Waals surface area contributed by atoms with Crippen LogP contribution in [0.1, 0.15) is 16.3 Å². The minimum atomic E-state index is -0.0850. The zero-order chi connectivity index (χ0) is 13.8. The molecule has 0 fully saturated rings. The van der Waals surface area contributed by atoms with Crippen molar-refractivity contribution in [2.75, 3.05) is 12.4 Å². The second-order valence-corrected chi connectivity index (χ2v) is 5.25. The smallest absolute Gasteiger partial charge is 0.231 e. The number of thiazole rings is 1. The molecule has 0 aliphatic carbocycles. The summed E-state index contributed by atoms with van der Waals surface area (Å²) in [7, 11) is 1.59. The number of nitrogens with one attached hydrogen (secondary N) is 1. The van der Waals surface area contributed by atoms with Crippen LogP contribution in [-0.2, 0) is 11.2 Å². The number of carbonyl (C=O) groups is 1. The van der Waals surface area contributed by atoms with Gasteiger partial charge in [-0.1, -0.05) is 6.07 Å². The summed E-state index contributed by atoms with van der Waals surface area (Å²) in [4.78, 5) is 16.2. The number of rotatable bonds is 4. The Morgan fingerprint density at radius 3 is 2.84 bits per heavy atom. The van der Waals surface area contributed by atoms with Crippen molar-refractivity contribution in [3.63, 3.8) is 0 Å². The number of hydrogen-bond acceptors (Lipinski definition) is 4. The monoisotopic (exact) mass is 276 g/mol. The lowest BCUT2D eigenvalue weighted by atomic mass is 10.2. The summed E-state index contributed by atoms with van der Waals surface area (Å²) in [5, 5.41) is 5.62. The summed E-state index contributed by atoms with van der Waals surface area (Å²) in [5.74, 6) is 0.576. The van der Waals surface area contributed by atoms with Crippen molar-refractivity contribution in [1.29, 1.82) is 0 Å². The molecule has 0 unspecified atom stereocenters. The van der Waals surface area contributed by atoms with Gasteiger partial charge in [0.1, 0.15) is 10.8 Å². The molecule has 0 radical (unpaired) electrons. The van der Waals surface area contributed by atoms with Crippen LogP contribution in [0.4, 0.5) is 5.69 Å². The van der Waals surface area contributed by atoms with E-state index in [1.54, 1.807) is 7.11 Å². The van der Waals surface area contributed by atoms with Crippen LogP contribution < -0.4 is 10.1 Å². The molecule has 1 aromatic heterocycles. The molecule has 0 aliphatic heterocycles. The summed E-state index contributed by atoms with van der Waals surface area (Å²) in [6.07, 6.45) is 0.287. The number of nitrogens with zero attached hydrogens (tertiary/aromatic N) is 1. The van der Waals surface area contributed by atoms with Gasteiger partial charge in [0.15, 0.2) is 0 Å². The van der Waals surface area contributed by atoms with Gasteiger partial charge in [0, 0.05) is 11.1 Å². The number of ether oxygens (including phenoxy) is 1. The van der Waals surface area contributed by atoms with Crippen molar-refractivity contribution in [2.24, 2.45) is 0 Å². The third-order valence-electron chi connectivity index (χ3n) is 2.61. The lowest BCUT2D eigenvalue weighted by Crippen LogP contribution is -2.15. The van der Waals surface area contributed by atoms with Crippen LogP contribution in [0.2, 0.25) is 0 Å². The molecule has 0 saturated carbocycles. The summed E-state index contributed by atoms with van der Waals surface area (Å²) >= 11 is 1.50. The number of aryl methyl sites for hydroxylation is 2. The number of hydrogen-bond donors (Lipinski definition) is 1. The fourth-order valence-electron chi connectivity index (χ4n) is 1.74. The average Bonchev–Trinajstić information content (AvgIpc) is 2.75. The van der Waals surface area contributed by atoms with Crippen molar-refractivity contribution in [3.8, 4) is 5.75 Å². The van der Waals surface area contributed by atoms with Crippen LogP contribution in [0.25, 0.3) is 0 Å². The Kier molecular flexibility index (Phi) is 4.16. The molecular weight excluding hydrogens is 260 g/mol. The molecule has 2 aromatic rings. The molecule has 0 saturated heterocycles. The largest absolute Gasteiger partial charge is 0.495 e. The van der Waals surface area contributed by atoms with Gasteiger partial charge in [-0.2, -0.15) is 0 Å². The Morgan fingerprint density at radius 1 is 1.42 bits per heavy atom. The molecule has 0 atom stereocenters. The maximum Gasteiger partial charge on any atom is 0.231 e. The number of amides is 1. The van der Waals surface area contributed by atoms with E-state index in [2.05, 4.69) is 10.3 Å². The fourth-order valence-corrected chi connectivity index (χ4v) is 2.51. The molecule has 1 amide bonds. The molecule has 2 rings (SSSR count). The van der Waals surface area contributed by atoms with Gasteiger partial charge in [-0.15, -0.1) is 11.3 Å². The highest BCUT2D eigenvalue weighted by atomic mass is 32.1. The minimum Gasteiger partial charge on any atom is -0.495 e. The van der Waals surface area contributed by atoms with Gasteiger partial charge >= 0.3 is 0 Å². The standard InChI is InChI=1S/C14H16N2O2S/c1-9-4-5-12(18-3)11(6-9)16-13(17)7-14-15-10(2)8-19-14/h4-6,8H,7H2,1-3H3,(H,16,17). The van der Waals surface area contributed by atoms with Crippen molar-refractivity contribution < 1.29 is 9.53 Å². The second-order valence-electron chi connectivity index (χ2n) is 4.31. The molecule has 100 valence electrons. The van der Waals surface area contributed by atoms with Crippen LogP contribution in [0, 0.1) is 13.8 Å². The molecule has 19 heavy (non-hydrogen) atoms. The zero-order valence-electron chi connectivity index (χ0n) is 11.2. The van der Waals surface area contributed by atoms with E-state index in [9.17, 15) is 4.79 Å². The number of aromatic nitrogens is 1. The maximum absolute atomic E-state index is 12.0. The molecule has 1 aromatic carbocycles. The molecular formula is C14H16N2O2S. The first-order valence-corrected chi connectivity index (χ1v) is 6.82. The first-order chi connectivity index (χ1) is 9.08. The molecule has 0 bridgehead atoms. The Morgan fingerprint density at radius 2 is 2.21 bits per heavy atom. The van der Waals surface area contributed by atoms with E-state index in [4.69, 9.17) is 4.74 Å². The number of anilines is 1. The highest BCUT2D eigenvalue weighted by Crippen LogP contribution is 2.25. The van der Waals surface area contributed by atoms with Crippen LogP contribution in [0.15, 0.2) is 23.6 Å². The van der Waals surface area contributed by atoms with Crippen LogP contribution in [0.3, 0.4) is 0 Å². The number of benzene rings is 1. The van der Waals surface area contributed by atoms with Crippen molar-refractivity contribution in [1.82, 2.24) is 4.98 Å². The van der Waals surface area contributed by atoms with E-state index in [0.717, 1.165) is 16.3 Å². The third kappa shape index (κ3) is 3.54. The molecule has 5 heteroatoms. The Hall–Kier alpha value is -1.88. The first-order valence-electron chi connectivity index (χ1n) is 5.94. The lowest BCUT2D eigenvalue weighted by molar-refractivity contribution is -0.115. The van der Waals surface area contributed by atoms with Crippen LogP contribution in [0.5, 0.6) is 5.75 Å². The lowest BCUT2D eigenvalue weighted by Gasteiger charge is -2.10. The van der Waals surface area contributed by atoms with E-state index >= 15 is 0 Å². The van der Waals surface area contributed by atoms with E-state index in [0.29, 0.717) is 11.4 Å². The predicted molar refractivity (Wildman–Crippen MR) is 76.9 cm³/mol. The first kappa shape index (κ1) is 13.5. The van der Waals surface area contributed by atoms with Gasteiger partial charge < -0.3 is 10.1 Å². The van der Waals surface area contributed by atoms with Crippen molar-refractivity contribution >= 4 is 22.9 Å². The SMILES string of the molecule is COc1ccc(C)cc1NC(=O)Cc1nc(C)cs1. The highest BCUT2D eigenvalue weighted by Gasteiger charge is 2.10. The van der Waals surface area contributed by atoms with E-state index in [-0.39, 0.29) is 12.3 Å². The van der Waals surface area contributed by atoms with Gasteiger partial charge in [-0.3, -0.25) is 4.79 Å². The minimum absolute atomic E-state index is 0.0850. The Labute approximate surface area is 116 Å². The summed E-state index contributed by atoms with van der Waals surface area (Å²) in [6, 6.07) is 5.68. The average molecular weight is 276 g/mol. The molecule has 4 nitrogen and oxygen atoms in total. The van der Waals surface area contributed by atoms with E-state index < -0.39 is 0 Å². The van der Waals surface area contributed by atoms with Crippen LogP contribution >= 0.6 is 11.3 Å². The number of methoxy groups -OCH3 is 1. The van der Waals surface area contributed by atoms with Gasteiger partial charge in [0.05, 0.1) is 19.2 Å². The van der Waals surface area contributed by atoms with E-state index in [1.807, 2.05) is 37.4 Å². The summed E-state index contributed by atoms with van der Waals surface area (Å²) in [6.45, 7) is 3.89. The Balaban J connectivity index is 2.08. The van der Waals surface area contributed by atoms with Gasteiger partial charge in [-0.05, 0) is 31.5 Å². The van der Waals surface area contributed by atoms with Crippen molar-refractivity contribution in [2.45, 2.75) is 20.3 Å². The predicted octanol–water partition coefficient (Wildman–Crippen LogP) is 2.95. The molecule has 1 N–H and O–H groups in total. The third-order valence-corrected chi connectivity index (χ3v) is 3.57. The van der Waals surface area contributed by atoms with Gasteiger partial charge in [-0.25, -0.2) is 4.98 Å². The number of carbonyl (C=O) groups excluding carboxylic acids is 1. The topological polar surface area (TPSA) is 51.2 Å². The summed E-state index contributed by atoms with van der Waals surface area (Å²) in [5.41, 5.74) is 2.71. The fraction of sp³-hybridized carbons (Fsp3) is 0.286. The van der Waals surface area contributed by atoms with Crippen LogP contribution in [-0.4, -0.2) is 18.0 Å². The quantitative estimate of drug-likeness (QED) is 0.934. The molecule has 0 spiro atoms. The van der Waals surface area contributed by atoms with Gasteiger partial charge in [0.2, 0.25) is 5.91 Å². The molecule has 0 aliphatic rings. The van der Waals surface area contributed by atoms with Crippen molar-refractivity contribution in [3.05, 3.63) is 39.8 Å². The molecule has 1 heterocycles.